The summed E-state index contributed by atoms with van der Waals surface area (Å²) >= 11 is 0. The molecule has 0 saturated carbocycles. The maximum atomic E-state index is 10.9. The van der Waals surface area contributed by atoms with Crippen LogP contribution in [-0.2, 0) is 11.2 Å². The molecular formula is C16H25N3O. The van der Waals surface area contributed by atoms with Gasteiger partial charge in [-0.1, -0.05) is 12.1 Å². The van der Waals surface area contributed by atoms with E-state index < -0.39 is 0 Å². The minimum atomic E-state index is -0.162. The summed E-state index contributed by atoms with van der Waals surface area (Å²) in [4.78, 5) is 13.4. The SMILES string of the molecule is NC(=O)CC1CCN(CCCc2cccc(N)c2)CC1. The zero-order chi connectivity index (χ0) is 14.4. The third-order valence-corrected chi connectivity index (χ3v) is 4.09. The molecule has 1 aliphatic heterocycles. The number of carbonyl (C=O) groups excluding carboxylic acids is 1. The largest absolute Gasteiger partial charge is 0.399 e. The molecule has 1 aromatic carbocycles. The fourth-order valence-electron chi connectivity index (χ4n) is 2.95. The average Bonchev–Trinajstić information content (AvgIpc) is 2.40. The molecule has 0 aliphatic carbocycles. The van der Waals surface area contributed by atoms with E-state index in [0.717, 1.165) is 51.0 Å². The van der Waals surface area contributed by atoms with Gasteiger partial charge in [-0.15, -0.1) is 0 Å². The first kappa shape index (κ1) is 14.9. The second-order valence-electron chi connectivity index (χ2n) is 5.80. The van der Waals surface area contributed by atoms with Gasteiger partial charge in [-0.3, -0.25) is 4.79 Å². The Morgan fingerprint density at radius 2 is 2.05 bits per heavy atom. The maximum absolute atomic E-state index is 10.9. The van der Waals surface area contributed by atoms with Gasteiger partial charge in [0.1, 0.15) is 0 Å². The second-order valence-corrected chi connectivity index (χ2v) is 5.80. The van der Waals surface area contributed by atoms with Crippen LogP contribution in [0.15, 0.2) is 24.3 Å². The minimum absolute atomic E-state index is 0.162. The molecule has 0 radical (unpaired) electrons. The van der Waals surface area contributed by atoms with Crippen molar-refractivity contribution in [1.82, 2.24) is 4.90 Å². The molecule has 0 unspecified atom stereocenters. The summed E-state index contributed by atoms with van der Waals surface area (Å²) in [5.41, 5.74) is 13.2. The minimum Gasteiger partial charge on any atom is -0.399 e. The molecular weight excluding hydrogens is 250 g/mol. The van der Waals surface area contributed by atoms with E-state index in [1.165, 1.54) is 5.56 Å². The van der Waals surface area contributed by atoms with Crippen molar-refractivity contribution in [3.8, 4) is 0 Å². The highest BCUT2D eigenvalue weighted by Gasteiger charge is 2.20. The van der Waals surface area contributed by atoms with Crippen molar-refractivity contribution in [3.63, 3.8) is 0 Å². The zero-order valence-electron chi connectivity index (χ0n) is 12.1. The lowest BCUT2D eigenvalue weighted by Crippen LogP contribution is -2.35. The highest BCUT2D eigenvalue weighted by atomic mass is 16.1. The Kier molecular flexibility index (Phi) is 5.41. The van der Waals surface area contributed by atoms with Crippen LogP contribution in [0.2, 0.25) is 0 Å². The molecule has 1 fully saturated rings. The third-order valence-electron chi connectivity index (χ3n) is 4.09. The number of aryl methyl sites for hydroxylation is 1. The molecule has 1 saturated heterocycles. The lowest BCUT2D eigenvalue weighted by Gasteiger charge is -2.31. The quantitative estimate of drug-likeness (QED) is 0.777. The van der Waals surface area contributed by atoms with Crippen molar-refractivity contribution >= 4 is 11.6 Å². The van der Waals surface area contributed by atoms with Crippen LogP contribution in [0.25, 0.3) is 0 Å². The topological polar surface area (TPSA) is 72.4 Å². The summed E-state index contributed by atoms with van der Waals surface area (Å²) in [6.07, 6.45) is 4.98. The molecule has 1 aliphatic rings. The van der Waals surface area contributed by atoms with Gasteiger partial charge in [0.15, 0.2) is 0 Å². The second kappa shape index (κ2) is 7.29. The predicted molar refractivity (Wildman–Crippen MR) is 82.2 cm³/mol. The van der Waals surface area contributed by atoms with E-state index in [-0.39, 0.29) is 5.91 Å². The van der Waals surface area contributed by atoms with Crippen LogP contribution >= 0.6 is 0 Å². The molecule has 0 bridgehead atoms. The lowest BCUT2D eigenvalue weighted by molar-refractivity contribution is -0.119. The molecule has 4 N–H and O–H groups in total. The Labute approximate surface area is 121 Å². The van der Waals surface area contributed by atoms with Gasteiger partial charge in [-0.2, -0.15) is 0 Å². The number of amides is 1. The zero-order valence-corrected chi connectivity index (χ0v) is 12.1. The first-order chi connectivity index (χ1) is 9.63. The Morgan fingerprint density at radius 1 is 1.30 bits per heavy atom. The van der Waals surface area contributed by atoms with Gasteiger partial charge in [-0.25, -0.2) is 0 Å². The van der Waals surface area contributed by atoms with Gasteiger partial charge in [0.2, 0.25) is 5.91 Å². The van der Waals surface area contributed by atoms with E-state index in [4.69, 9.17) is 11.5 Å². The number of nitrogens with two attached hydrogens (primary N) is 2. The van der Waals surface area contributed by atoms with Crippen molar-refractivity contribution in [2.24, 2.45) is 11.7 Å². The molecule has 0 spiro atoms. The number of nitrogen functional groups attached to an aromatic ring is 1. The van der Waals surface area contributed by atoms with E-state index in [0.29, 0.717) is 12.3 Å². The molecule has 1 amide bonds. The fourth-order valence-corrected chi connectivity index (χ4v) is 2.95. The van der Waals surface area contributed by atoms with E-state index in [2.05, 4.69) is 17.0 Å². The highest BCUT2D eigenvalue weighted by Crippen LogP contribution is 2.20. The monoisotopic (exact) mass is 275 g/mol. The van der Waals surface area contributed by atoms with Crippen LogP contribution in [0, 0.1) is 5.92 Å². The number of piperidine rings is 1. The van der Waals surface area contributed by atoms with Crippen molar-refractivity contribution in [2.75, 3.05) is 25.4 Å². The summed E-state index contributed by atoms with van der Waals surface area (Å²) in [5.74, 6) is 0.336. The van der Waals surface area contributed by atoms with Crippen molar-refractivity contribution in [3.05, 3.63) is 29.8 Å². The van der Waals surface area contributed by atoms with E-state index in [1.54, 1.807) is 0 Å². The standard InChI is InChI=1S/C16H25N3O/c17-15-5-1-3-13(11-15)4-2-8-19-9-6-14(7-10-19)12-16(18)20/h1,3,5,11,14H,2,4,6-10,12,17H2,(H2,18,20). The highest BCUT2D eigenvalue weighted by molar-refractivity contribution is 5.73. The van der Waals surface area contributed by atoms with Crippen LogP contribution in [0.5, 0.6) is 0 Å². The number of carbonyl (C=O) groups is 1. The predicted octanol–water partition coefficient (Wildman–Crippen LogP) is 1.79. The Morgan fingerprint density at radius 3 is 2.70 bits per heavy atom. The van der Waals surface area contributed by atoms with Gasteiger partial charge in [-0.05, 0) is 68.9 Å². The Hall–Kier alpha value is -1.55. The number of hydrogen-bond acceptors (Lipinski definition) is 3. The van der Waals surface area contributed by atoms with Gasteiger partial charge < -0.3 is 16.4 Å². The molecule has 1 aromatic rings. The third kappa shape index (κ3) is 4.85. The van der Waals surface area contributed by atoms with Crippen molar-refractivity contribution < 1.29 is 4.79 Å². The van der Waals surface area contributed by atoms with Crippen LogP contribution in [0.4, 0.5) is 5.69 Å². The normalized spacial score (nSPS) is 17.2. The Balaban J connectivity index is 1.65. The van der Waals surface area contributed by atoms with Crippen LogP contribution in [0.1, 0.15) is 31.2 Å². The summed E-state index contributed by atoms with van der Waals surface area (Å²) in [5, 5.41) is 0. The van der Waals surface area contributed by atoms with E-state index >= 15 is 0 Å². The number of benzene rings is 1. The summed E-state index contributed by atoms with van der Waals surface area (Å²) in [7, 11) is 0. The molecule has 4 heteroatoms. The number of primary amides is 1. The average molecular weight is 275 g/mol. The number of anilines is 1. The number of rotatable bonds is 6. The number of likely N-dealkylation sites (tertiary alicyclic amines) is 1. The van der Waals surface area contributed by atoms with E-state index in [1.807, 2.05) is 12.1 Å². The molecule has 2 rings (SSSR count). The first-order valence-corrected chi connectivity index (χ1v) is 7.48. The van der Waals surface area contributed by atoms with Crippen LogP contribution in [0.3, 0.4) is 0 Å². The number of nitrogens with zero attached hydrogens (tertiary/aromatic N) is 1. The number of hydrogen-bond donors (Lipinski definition) is 2. The van der Waals surface area contributed by atoms with E-state index in [9.17, 15) is 4.79 Å². The summed E-state index contributed by atoms with van der Waals surface area (Å²) < 4.78 is 0. The lowest BCUT2D eigenvalue weighted by atomic mass is 9.93. The summed E-state index contributed by atoms with van der Waals surface area (Å²) in [6.45, 7) is 3.31. The molecule has 0 aromatic heterocycles. The van der Waals surface area contributed by atoms with Crippen molar-refractivity contribution in [2.45, 2.75) is 32.1 Å². The maximum Gasteiger partial charge on any atom is 0.217 e. The van der Waals surface area contributed by atoms with Gasteiger partial charge >= 0.3 is 0 Å². The van der Waals surface area contributed by atoms with Crippen LogP contribution in [-0.4, -0.2) is 30.4 Å². The first-order valence-electron chi connectivity index (χ1n) is 7.48. The summed E-state index contributed by atoms with van der Waals surface area (Å²) in [6, 6.07) is 8.13. The fraction of sp³-hybridized carbons (Fsp3) is 0.562. The van der Waals surface area contributed by atoms with Gasteiger partial charge in [0, 0.05) is 12.1 Å². The van der Waals surface area contributed by atoms with Gasteiger partial charge in [0.05, 0.1) is 0 Å². The van der Waals surface area contributed by atoms with Crippen LogP contribution < -0.4 is 11.5 Å². The molecule has 110 valence electrons. The smallest absolute Gasteiger partial charge is 0.217 e. The molecule has 4 nitrogen and oxygen atoms in total. The Bertz CT molecular complexity index is 439. The molecule has 20 heavy (non-hydrogen) atoms. The molecule has 0 atom stereocenters. The van der Waals surface area contributed by atoms with Gasteiger partial charge in [0.25, 0.3) is 0 Å². The molecule has 1 heterocycles. The van der Waals surface area contributed by atoms with Crippen molar-refractivity contribution in [1.29, 1.82) is 0 Å².